The highest BCUT2D eigenvalue weighted by Crippen LogP contribution is 2.49. The normalized spacial score (nSPS) is 25.1. The number of esters is 3. The van der Waals surface area contributed by atoms with E-state index in [1.54, 1.807) is 36.4 Å². The molecular formula is C60H62N2O12+2. The van der Waals surface area contributed by atoms with Gasteiger partial charge in [0.2, 0.25) is 11.4 Å². The van der Waals surface area contributed by atoms with E-state index in [0.717, 1.165) is 45.1 Å². The van der Waals surface area contributed by atoms with Crippen molar-refractivity contribution in [2.24, 2.45) is 11.8 Å². The number of para-hydroxylation sites is 2. The number of ketones is 1. The lowest BCUT2D eigenvalue weighted by molar-refractivity contribution is -0.455. The van der Waals surface area contributed by atoms with E-state index in [9.17, 15) is 34.5 Å². The summed E-state index contributed by atoms with van der Waals surface area (Å²) in [5, 5.41) is 32.0. The van der Waals surface area contributed by atoms with Crippen LogP contribution in [-0.4, -0.2) is 84.9 Å². The molecule has 0 unspecified atom stereocenters. The second kappa shape index (κ2) is 19.4. The maximum Gasteiger partial charge on any atom is 0.348 e. The highest BCUT2D eigenvalue weighted by Gasteiger charge is 2.52. The Morgan fingerprint density at radius 2 is 0.973 bits per heavy atom. The number of carbonyl (C=O) groups is 4. The van der Waals surface area contributed by atoms with Gasteiger partial charge in [0, 0.05) is 77.8 Å². The molecule has 382 valence electrons. The van der Waals surface area contributed by atoms with Crippen LogP contribution >= 0.6 is 0 Å². The number of benzene rings is 4. The third-order valence-corrected chi connectivity index (χ3v) is 16.2. The molecule has 3 N–H and O–H groups in total. The average molecular weight is 1000 g/mol. The van der Waals surface area contributed by atoms with E-state index in [2.05, 4.69) is 55.0 Å². The van der Waals surface area contributed by atoms with Gasteiger partial charge in [-0.3, -0.25) is 4.79 Å². The molecular weight excluding hydrogens is 941 g/mol. The fourth-order valence-corrected chi connectivity index (χ4v) is 12.0. The molecule has 14 nitrogen and oxygen atoms in total. The van der Waals surface area contributed by atoms with Gasteiger partial charge in [0.05, 0.1) is 23.5 Å². The van der Waals surface area contributed by atoms with E-state index in [1.165, 1.54) is 7.11 Å². The number of Topliss-reactive ketones (excluding diaryl/α,β-unsaturated/α-hetero) is 1. The van der Waals surface area contributed by atoms with Crippen molar-refractivity contribution in [1.82, 2.24) is 0 Å². The predicted octanol–water partition coefficient (Wildman–Crippen LogP) is 10.1. The van der Waals surface area contributed by atoms with Crippen molar-refractivity contribution in [2.45, 2.75) is 115 Å². The van der Waals surface area contributed by atoms with Crippen LogP contribution in [0.2, 0.25) is 0 Å². The molecule has 0 aromatic heterocycles. The minimum Gasteiger partial charge on any atom is -0.480 e. The molecule has 2 spiro atoms. The number of rotatable bonds is 12. The van der Waals surface area contributed by atoms with E-state index in [-0.39, 0.29) is 28.8 Å². The SMILES string of the molecule is COC(=O)c1ccc(C[N+]2=C(/C=C/C3=C(O)OC4(CCC(C5CCC6(CC5)OC(=O)C(/C=C/C5=[N+](Cc7ccc(C(=O)CO)cc7)c7ccccc7C5(C)C)=C(O)O6)CC4)OC3=O)C(C)(C)c3ccccc32)cc1. The molecule has 0 saturated heterocycles. The molecule has 2 aliphatic carbocycles. The van der Waals surface area contributed by atoms with E-state index < -0.39 is 58.8 Å². The smallest absolute Gasteiger partial charge is 0.348 e. The van der Waals surface area contributed by atoms with Gasteiger partial charge in [-0.15, -0.1) is 0 Å². The molecule has 4 aliphatic heterocycles. The Balaban J connectivity index is 0.781. The highest BCUT2D eigenvalue weighted by molar-refractivity contribution is 6.06. The Kier molecular flexibility index (Phi) is 13.1. The van der Waals surface area contributed by atoms with Crippen LogP contribution in [0.25, 0.3) is 0 Å². The zero-order valence-electron chi connectivity index (χ0n) is 42.4. The maximum atomic E-state index is 13.7. The lowest BCUT2D eigenvalue weighted by Gasteiger charge is -2.46. The molecule has 0 bridgehead atoms. The number of nitrogens with zero attached hydrogens (tertiary/aromatic N) is 2. The van der Waals surface area contributed by atoms with E-state index in [4.69, 9.17) is 23.7 Å². The Labute approximate surface area is 430 Å². The summed E-state index contributed by atoms with van der Waals surface area (Å²) in [6.45, 7) is 8.83. The zero-order valence-corrected chi connectivity index (χ0v) is 42.4. The van der Waals surface area contributed by atoms with Gasteiger partial charge in [-0.2, -0.15) is 9.15 Å². The van der Waals surface area contributed by atoms with Crippen LogP contribution in [0.4, 0.5) is 11.4 Å². The number of methoxy groups -OCH3 is 1. The number of carbonyl (C=O) groups excluding carboxylic acids is 4. The fourth-order valence-electron chi connectivity index (χ4n) is 12.0. The van der Waals surface area contributed by atoms with E-state index >= 15 is 0 Å². The third-order valence-electron chi connectivity index (χ3n) is 16.2. The summed E-state index contributed by atoms with van der Waals surface area (Å²) in [7, 11) is 1.35. The van der Waals surface area contributed by atoms with Gasteiger partial charge in [-0.25, -0.2) is 14.4 Å². The zero-order chi connectivity index (χ0) is 52.2. The van der Waals surface area contributed by atoms with Crippen molar-refractivity contribution < 1.29 is 67.3 Å². The van der Waals surface area contributed by atoms with Gasteiger partial charge in [-0.05, 0) is 89.5 Å². The van der Waals surface area contributed by atoms with Crippen molar-refractivity contribution in [1.29, 1.82) is 0 Å². The van der Waals surface area contributed by atoms with Crippen molar-refractivity contribution >= 4 is 46.5 Å². The van der Waals surface area contributed by atoms with Crippen molar-refractivity contribution in [3.8, 4) is 0 Å². The number of allylic oxidation sites excluding steroid dienone is 2. The number of aliphatic hydroxyl groups excluding tert-OH is 3. The first kappa shape index (κ1) is 50.0. The first-order chi connectivity index (χ1) is 35.4. The Morgan fingerprint density at radius 1 is 0.581 bits per heavy atom. The quantitative estimate of drug-likeness (QED) is 0.0530. The molecule has 10 rings (SSSR count). The number of hydrogen-bond acceptors (Lipinski definition) is 12. The van der Waals surface area contributed by atoms with Gasteiger partial charge in [0.25, 0.3) is 23.5 Å². The van der Waals surface area contributed by atoms with Crippen molar-refractivity contribution in [3.63, 3.8) is 0 Å². The fraction of sp³-hybridized carbons (Fsp3) is 0.367. The minimum atomic E-state index is -1.29. The lowest BCUT2D eigenvalue weighted by atomic mass is 9.70. The lowest BCUT2D eigenvalue weighted by Crippen LogP contribution is -2.48. The predicted molar refractivity (Wildman–Crippen MR) is 273 cm³/mol. The standard InChI is InChI=1S/C60H60N2O12/c1-57(2)45-10-6-8-12-47(45)61(34-37-14-18-41(19-15-37)49(64)36-63)50(57)24-22-43-53(66)71-59(72-54(43)67)30-26-39(27-31-59)40-28-32-60(33-29-40)73-55(68)44(56(69)74-60)23-25-51-58(3,4)46-11-7-9-13-48(46)62(51)35-38-16-20-42(21-17-38)52(65)70-5/h6-25,39-40,63H,26-36H2,1-5H3/p+2. The summed E-state index contributed by atoms with van der Waals surface area (Å²) in [6.07, 6.45) is 11.1. The Morgan fingerprint density at radius 3 is 1.35 bits per heavy atom. The summed E-state index contributed by atoms with van der Waals surface area (Å²) in [4.78, 5) is 51.6. The van der Waals surface area contributed by atoms with E-state index in [1.807, 2.05) is 66.7 Å². The van der Waals surface area contributed by atoms with Crippen LogP contribution in [0.3, 0.4) is 0 Å². The van der Waals surface area contributed by atoms with Crippen molar-refractivity contribution in [2.75, 3.05) is 13.7 Å². The van der Waals surface area contributed by atoms with Gasteiger partial charge in [0.15, 0.2) is 30.3 Å². The largest absolute Gasteiger partial charge is 0.480 e. The average Bonchev–Trinajstić information content (AvgIpc) is 3.73. The summed E-state index contributed by atoms with van der Waals surface area (Å²) < 4.78 is 33.5. The first-order valence-electron chi connectivity index (χ1n) is 25.4. The van der Waals surface area contributed by atoms with Crippen molar-refractivity contribution in [3.05, 3.63) is 178 Å². The van der Waals surface area contributed by atoms with Gasteiger partial charge in [0.1, 0.15) is 17.8 Å². The number of ether oxygens (including phenoxy) is 5. The summed E-state index contributed by atoms with van der Waals surface area (Å²) >= 11 is 0. The molecule has 4 aromatic rings. The number of hydrogen-bond donors (Lipinski definition) is 3. The Hall–Kier alpha value is -7.58. The van der Waals surface area contributed by atoms with Gasteiger partial charge >= 0.3 is 17.9 Å². The third kappa shape index (κ3) is 9.13. The van der Waals surface area contributed by atoms with Gasteiger partial charge < -0.3 is 39.0 Å². The van der Waals surface area contributed by atoms with E-state index in [0.29, 0.717) is 75.6 Å². The molecule has 0 radical (unpaired) electrons. The summed E-state index contributed by atoms with van der Waals surface area (Å²) in [5.41, 5.74) is 7.72. The van der Waals surface area contributed by atoms with Crippen LogP contribution in [0.5, 0.6) is 0 Å². The number of fused-ring (bicyclic) bond motifs is 2. The molecule has 14 heteroatoms. The second-order valence-electron chi connectivity index (χ2n) is 21.3. The van der Waals surface area contributed by atoms with Crippen LogP contribution in [0, 0.1) is 11.8 Å². The van der Waals surface area contributed by atoms with Crippen LogP contribution in [0.1, 0.15) is 122 Å². The van der Waals surface area contributed by atoms with Gasteiger partial charge in [-0.1, -0.05) is 72.8 Å². The molecule has 4 heterocycles. The minimum absolute atomic E-state index is 0.0681. The summed E-state index contributed by atoms with van der Waals surface area (Å²) in [6, 6.07) is 30.6. The van der Waals surface area contributed by atoms with Crippen LogP contribution in [0.15, 0.2) is 144 Å². The van der Waals surface area contributed by atoms with Crippen LogP contribution < -0.4 is 0 Å². The first-order valence-corrected chi connectivity index (χ1v) is 25.4. The second-order valence-corrected chi connectivity index (χ2v) is 21.3. The van der Waals surface area contributed by atoms with Crippen LogP contribution in [-0.2, 0) is 57.2 Å². The Bertz CT molecular complexity index is 2920. The number of aliphatic hydroxyl groups is 3. The molecule has 2 fully saturated rings. The molecule has 0 atom stereocenters. The maximum absolute atomic E-state index is 13.7. The molecule has 4 aromatic carbocycles. The molecule has 2 saturated carbocycles. The molecule has 74 heavy (non-hydrogen) atoms. The topological polar surface area (TPSA) is 181 Å². The monoisotopic (exact) mass is 1000 g/mol. The molecule has 6 aliphatic rings. The molecule has 0 amide bonds. The highest BCUT2D eigenvalue weighted by atomic mass is 16.8. The summed E-state index contributed by atoms with van der Waals surface area (Å²) in [5.74, 6) is -5.08.